The Kier molecular flexibility index (Phi) is 7.44. The van der Waals surface area contributed by atoms with E-state index in [0.29, 0.717) is 23.8 Å². The van der Waals surface area contributed by atoms with Crippen LogP contribution in [0, 0.1) is 11.8 Å². The molecule has 0 aliphatic rings. The van der Waals surface area contributed by atoms with E-state index < -0.39 is 11.9 Å². The maximum absolute atomic E-state index is 12.3. The Labute approximate surface area is 131 Å². The molecule has 0 heterocycles. The van der Waals surface area contributed by atoms with Crippen molar-refractivity contribution >= 4 is 23.4 Å². The molecule has 1 rings (SSSR count). The molecular formula is C17H23ClO3. The molecule has 0 bridgehead atoms. The lowest BCUT2D eigenvalue weighted by Crippen LogP contribution is -2.28. The molecule has 4 heteroatoms. The highest BCUT2D eigenvalue weighted by Crippen LogP contribution is 2.19. The first kappa shape index (κ1) is 17.7. The second-order valence-corrected chi connectivity index (χ2v) is 5.97. The van der Waals surface area contributed by atoms with Crippen LogP contribution in [-0.2, 0) is 20.7 Å². The summed E-state index contributed by atoms with van der Waals surface area (Å²) in [5.74, 6) is -0.793. The van der Waals surface area contributed by atoms with Crippen molar-refractivity contribution in [2.75, 3.05) is 6.61 Å². The molecule has 1 aromatic carbocycles. The molecule has 3 nitrogen and oxygen atoms in total. The van der Waals surface area contributed by atoms with Gasteiger partial charge in [0.25, 0.3) is 0 Å². The molecule has 0 spiro atoms. The fourth-order valence-electron chi connectivity index (χ4n) is 2.08. The lowest BCUT2D eigenvalue weighted by molar-refractivity contribution is -0.151. The Morgan fingerprint density at radius 1 is 1.29 bits per heavy atom. The molecule has 0 N–H and O–H groups in total. The van der Waals surface area contributed by atoms with Crippen LogP contribution in [0.2, 0.25) is 5.02 Å². The smallest absolute Gasteiger partial charge is 0.316 e. The zero-order valence-corrected chi connectivity index (χ0v) is 13.7. The fourth-order valence-corrected chi connectivity index (χ4v) is 2.29. The van der Waals surface area contributed by atoms with E-state index in [0.717, 1.165) is 12.0 Å². The summed E-state index contributed by atoms with van der Waals surface area (Å²) in [7, 11) is 0. The second-order valence-electron chi connectivity index (χ2n) is 5.54. The summed E-state index contributed by atoms with van der Waals surface area (Å²) < 4.78 is 5.04. The summed E-state index contributed by atoms with van der Waals surface area (Å²) in [6.45, 7) is 6.14. The predicted molar refractivity (Wildman–Crippen MR) is 84.4 cm³/mol. The van der Waals surface area contributed by atoms with E-state index in [1.807, 2.05) is 12.1 Å². The van der Waals surface area contributed by atoms with E-state index in [2.05, 4.69) is 13.8 Å². The van der Waals surface area contributed by atoms with Gasteiger partial charge in [0.05, 0.1) is 6.61 Å². The number of carbonyl (C=O) groups excluding carboxylic acids is 2. The van der Waals surface area contributed by atoms with Gasteiger partial charge in [0.1, 0.15) is 11.7 Å². The largest absolute Gasteiger partial charge is 0.465 e. The third kappa shape index (κ3) is 6.30. The van der Waals surface area contributed by atoms with Crippen LogP contribution >= 0.6 is 11.6 Å². The van der Waals surface area contributed by atoms with Crippen LogP contribution in [0.4, 0.5) is 0 Å². The van der Waals surface area contributed by atoms with Crippen molar-refractivity contribution in [3.8, 4) is 0 Å². The number of hydrogen-bond donors (Lipinski definition) is 0. The van der Waals surface area contributed by atoms with Crippen molar-refractivity contribution in [3.63, 3.8) is 0 Å². The highest BCUT2D eigenvalue weighted by atomic mass is 35.5. The van der Waals surface area contributed by atoms with Gasteiger partial charge in [0, 0.05) is 11.4 Å². The van der Waals surface area contributed by atoms with Gasteiger partial charge in [-0.05, 0) is 43.4 Å². The quantitative estimate of drug-likeness (QED) is 0.537. The Morgan fingerprint density at radius 3 is 2.57 bits per heavy atom. The molecule has 0 aromatic heterocycles. The molecule has 21 heavy (non-hydrogen) atoms. The topological polar surface area (TPSA) is 43.4 Å². The summed E-state index contributed by atoms with van der Waals surface area (Å²) in [5.41, 5.74) is 0.874. The number of hydrogen-bond acceptors (Lipinski definition) is 3. The highest BCUT2D eigenvalue weighted by Gasteiger charge is 2.27. The predicted octanol–water partition coefficient (Wildman–Crippen LogP) is 4.07. The third-order valence-corrected chi connectivity index (χ3v) is 3.49. The second kappa shape index (κ2) is 8.83. The van der Waals surface area contributed by atoms with Crippen LogP contribution in [0.1, 0.15) is 39.2 Å². The van der Waals surface area contributed by atoms with E-state index >= 15 is 0 Å². The average molecular weight is 311 g/mol. The zero-order chi connectivity index (χ0) is 15.8. The molecule has 0 amide bonds. The monoisotopic (exact) mass is 310 g/mol. The average Bonchev–Trinajstić information content (AvgIpc) is 2.42. The molecule has 1 atom stereocenters. The summed E-state index contributed by atoms with van der Waals surface area (Å²) in [5, 5.41) is 0.602. The highest BCUT2D eigenvalue weighted by molar-refractivity contribution is 6.30. The van der Waals surface area contributed by atoms with Crippen molar-refractivity contribution < 1.29 is 14.3 Å². The number of esters is 1. The first-order valence-corrected chi connectivity index (χ1v) is 7.75. The summed E-state index contributed by atoms with van der Waals surface area (Å²) in [6.07, 6.45) is 1.53. The molecule has 0 saturated carbocycles. The summed E-state index contributed by atoms with van der Waals surface area (Å²) in [6, 6.07) is 7.24. The van der Waals surface area contributed by atoms with E-state index in [1.165, 1.54) is 0 Å². The van der Waals surface area contributed by atoms with E-state index in [-0.39, 0.29) is 12.4 Å². The molecule has 0 saturated heterocycles. The van der Waals surface area contributed by atoms with Gasteiger partial charge in [-0.3, -0.25) is 9.59 Å². The minimum atomic E-state index is -0.734. The number of carbonyl (C=O) groups is 2. The van der Waals surface area contributed by atoms with Gasteiger partial charge < -0.3 is 4.74 Å². The first-order valence-electron chi connectivity index (χ1n) is 7.37. The van der Waals surface area contributed by atoms with Crippen LogP contribution in [0.5, 0.6) is 0 Å². The molecule has 0 radical (unpaired) electrons. The Morgan fingerprint density at radius 2 is 2.00 bits per heavy atom. The Balaban J connectivity index is 2.81. The number of Topliss-reactive ketones (excluding diaryl/α,β-unsaturated/α-hetero) is 1. The number of rotatable bonds is 8. The molecule has 1 aromatic rings. The minimum absolute atomic E-state index is 0.0536. The number of ketones is 1. The molecule has 1 unspecified atom stereocenters. The number of benzene rings is 1. The normalized spacial score (nSPS) is 12.2. The molecule has 0 aliphatic carbocycles. The minimum Gasteiger partial charge on any atom is -0.465 e. The van der Waals surface area contributed by atoms with Gasteiger partial charge in [0.15, 0.2) is 0 Å². The van der Waals surface area contributed by atoms with Crippen molar-refractivity contribution in [1.82, 2.24) is 0 Å². The summed E-state index contributed by atoms with van der Waals surface area (Å²) >= 11 is 5.95. The number of halogens is 1. The molecule has 0 fully saturated rings. The van der Waals surface area contributed by atoms with Gasteiger partial charge >= 0.3 is 5.97 Å². The Bertz CT molecular complexity index is 483. The van der Waals surface area contributed by atoms with Gasteiger partial charge in [-0.25, -0.2) is 0 Å². The van der Waals surface area contributed by atoms with Crippen LogP contribution in [0.3, 0.4) is 0 Å². The van der Waals surface area contributed by atoms with Crippen LogP contribution < -0.4 is 0 Å². The standard InChI is InChI=1S/C17H23ClO3/c1-4-21-17(20)15(16(19)9-8-12(2)3)11-13-6-5-7-14(18)10-13/h5-7,10,12,15H,4,8-9,11H2,1-3H3. The van der Waals surface area contributed by atoms with Crippen molar-refractivity contribution in [2.24, 2.45) is 11.8 Å². The van der Waals surface area contributed by atoms with E-state index in [9.17, 15) is 9.59 Å². The van der Waals surface area contributed by atoms with Crippen molar-refractivity contribution in [1.29, 1.82) is 0 Å². The SMILES string of the molecule is CCOC(=O)C(Cc1cccc(Cl)c1)C(=O)CCC(C)C. The van der Waals surface area contributed by atoms with Gasteiger partial charge in [-0.15, -0.1) is 0 Å². The van der Waals surface area contributed by atoms with Crippen molar-refractivity contribution in [2.45, 2.75) is 40.0 Å². The lowest BCUT2D eigenvalue weighted by Gasteiger charge is -2.15. The van der Waals surface area contributed by atoms with Gasteiger partial charge in [-0.2, -0.15) is 0 Å². The third-order valence-electron chi connectivity index (χ3n) is 3.26. The van der Waals surface area contributed by atoms with Gasteiger partial charge in [0.2, 0.25) is 0 Å². The number of ether oxygens (including phenoxy) is 1. The Hall–Kier alpha value is -1.35. The lowest BCUT2D eigenvalue weighted by atomic mass is 9.91. The summed E-state index contributed by atoms with van der Waals surface area (Å²) in [4.78, 5) is 24.4. The first-order chi connectivity index (χ1) is 9.93. The van der Waals surface area contributed by atoms with Crippen molar-refractivity contribution in [3.05, 3.63) is 34.9 Å². The van der Waals surface area contributed by atoms with Crippen LogP contribution in [0.15, 0.2) is 24.3 Å². The zero-order valence-electron chi connectivity index (χ0n) is 12.9. The molecule has 116 valence electrons. The van der Waals surface area contributed by atoms with Crippen LogP contribution in [0.25, 0.3) is 0 Å². The maximum Gasteiger partial charge on any atom is 0.316 e. The van der Waals surface area contributed by atoms with E-state index in [1.54, 1.807) is 19.1 Å². The van der Waals surface area contributed by atoms with Gasteiger partial charge in [-0.1, -0.05) is 37.6 Å². The molecule has 0 aliphatic heterocycles. The van der Waals surface area contributed by atoms with Crippen LogP contribution in [-0.4, -0.2) is 18.4 Å². The molecular weight excluding hydrogens is 288 g/mol. The fraction of sp³-hybridized carbons (Fsp3) is 0.529. The maximum atomic E-state index is 12.3. The van der Waals surface area contributed by atoms with E-state index in [4.69, 9.17) is 16.3 Å².